The minimum absolute atomic E-state index is 0.0645. The first-order valence-electron chi connectivity index (χ1n) is 6.84. The van der Waals surface area contributed by atoms with Gasteiger partial charge < -0.3 is 15.4 Å². The van der Waals surface area contributed by atoms with E-state index in [1.54, 1.807) is 0 Å². The van der Waals surface area contributed by atoms with Gasteiger partial charge >= 0.3 is 0 Å². The number of aryl methyl sites for hydroxylation is 1. The molecule has 4 nitrogen and oxygen atoms in total. The summed E-state index contributed by atoms with van der Waals surface area (Å²) in [6.45, 7) is 5.73. The largest absolute Gasteiger partial charge is 0.483 e. The van der Waals surface area contributed by atoms with E-state index in [9.17, 15) is 4.79 Å². The molecule has 0 saturated carbocycles. The van der Waals surface area contributed by atoms with Crippen molar-refractivity contribution in [1.29, 1.82) is 0 Å². The molecule has 0 radical (unpaired) electrons. The lowest BCUT2D eigenvalue weighted by molar-refractivity contribution is -0.132. The zero-order valence-corrected chi connectivity index (χ0v) is 11.7. The summed E-state index contributed by atoms with van der Waals surface area (Å²) in [5.74, 6) is 0.789. The summed E-state index contributed by atoms with van der Waals surface area (Å²) >= 11 is 0. The molecule has 0 aromatic heterocycles. The van der Waals surface area contributed by atoms with Crippen LogP contribution in [0.15, 0.2) is 18.2 Å². The standard InChI is InChI=1S/C15H22N2O2/c1-11-5-6-13(12(2)16)14(9-11)19-10-15(18)17-7-3-4-8-17/h5-6,9,12H,3-4,7-8,10,16H2,1-2H3/t12-/m1/s1. The van der Waals surface area contributed by atoms with Crippen LogP contribution < -0.4 is 10.5 Å². The summed E-state index contributed by atoms with van der Waals surface area (Å²) in [6.07, 6.45) is 2.20. The van der Waals surface area contributed by atoms with E-state index in [-0.39, 0.29) is 18.6 Å². The summed E-state index contributed by atoms with van der Waals surface area (Å²) in [5.41, 5.74) is 7.97. The molecule has 0 unspecified atom stereocenters. The third-order valence-corrected chi connectivity index (χ3v) is 3.47. The predicted octanol–water partition coefficient (Wildman–Crippen LogP) is 2.02. The molecule has 1 saturated heterocycles. The van der Waals surface area contributed by atoms with Crippen LogP contribution in [0.2, 0.25) is 0 Å². The van der Waals surface area contributed by atoms with Gasteiger partial charge in [-0.1, -0.05) is 12.1 Å². The summed E-state index contributed by atoms with van der Waals surface area (Å²) < 4.78 is 5.68. The van der Waals surface area contributed by atoms with Gasteiger partial charge in [0.05, 0.1) is 0 Å². The first kappa shape index (κ1) is 13.9. The third-order valence-electron chi connectivity index (χ3n) is 3.47. The van der Waals surface area contributed by atoms with Crippen molar-refractivity contribution in [1.82, 2.24) is 4.90 Å². The smallest absolute Gasteiger partial charge is 0.260 e. The molecule has 2 N–H and O–H groups in total. The molecule has 1 aliphatic heterocycles. The molecule has 1 fully saturated rings. The molecule has 1 amide bonds. The number of likely N-dealkylation sites (tertiary alicyclic amines) is 1. The van der Waals surface area contributed by atoms with Crippen LogP contribution in [0.4, 0.5) is 0 Å². The van der Waals surface area contributed by atoms with Gasteiger partial charge in [-0.15, -0.1) is 0 Å². The third kappa shape index (κ3) is 3.47. The van der Waals surface area contributed by atoms with E-state index >= 15 is 0 Å². The molecule has 19 heavy (non-hydrogen) atoms. The zero-order chi connectivity index (χ0) is 13.8. The Morgan fingerprint density at radius 2 is 2.11 bits per heavy atom. The Bertz CT molecular complexity index is 451. The second kappa shape index (κ2) is 6.06. The van der Waals surface area contributed by atoms with Crippen LogP contribution in [0.1, 0.15) is 36.9 Å². The Balaban J connectivity index is 2.01. The highest BCUT2D eigenvalue weighted by atomic mass is 16.5. The van der Waals surface area contributed by atoms with Crippen molar-refractivity contribution < 1.29 is 9.53 Å². The van der Waals surface area contributed by atoms with Crippen molar-refractivity contribution >= 4 is 5.91 Å². The molecule has 0 aliphatic carbocycles. The van der Waals surface area contributed by atoms with Gasteiger partial charge in [0.2, 0.25) is 0 Å². The Labute approximate surface area is 114 Å². The summed E-state index contributed by atoms with van der Waals surface area (Å²) in [7, 11) is 0. The highest BCUT2D eigenvalue weighted by Crippen LogP contribution is 2.25. The van der Waals surface area contributed by atoms with E-state index in [2.05, 4.69) is 0 Å². The van der Waals surface area contributed by atoms with Gasteiger partial charge in [-0.3, -0.25) is 4.79 Å². The highest BCUT2D eigenvalue weighted by molar-refractivity contribution is 5.78. The molecule has 1 aliphatic rings. The molecule has 2 rings (SSSR count). The Hall–Kier alpha value is -1.55. The number of benzene rings is 1. The summed E-state index contributed by atoms with van der Waals surface area (Å²) in [6, 6.07) is 5.82. The van der Waals surface area contributed by atoms with Gasteiger partial charge in [-0.25, -0.2) is 0 Å². The number of carbonyl (C=O) groups is 1. The minimum atomic E-state index is -0.0995. The van der Waals surface area contributed by atoms with Gasteiger partial charge in [0.15, 0.2) is 6.61 Å². The molecule has 4 heteroatoms. The Morgan fingerprint density at radius 3 is 2.74 bits per heavy atom. The Morgan fingerprint density at radius 1 is 1.42 bits per heavy atom. The lowest BCUT2D eigenvalue weighted by Crippen LogP contribution is -2.32. The quantitative estimate of drug-likeness (QED) is 0.903. The minimum Gasteiger partial charge on any atom is -0.483 e. The van der Waals surface area contributed by atoms with E-state index in [1.165, 1.54) is 0 Å². The van der Waals surface area contributed by atoms with Crippen molar-refractivity contribution in [3.8, 4) is 5.75 Å². The van der Waals surface area contributed by atoms with E-state index in [0.717, 1.165) is 42.8 Å². The first-order chi connectivity index (χ1) is 9.08. The summed E-state index contributed by atoms with van der Waals surface area (Å²) in [4.78, 5) is 13.8. The maximum Gasteiger partial charge on any atom is 0.260 e. The van der Waals surface area contributed by atoms with Gasteiger partial charge in [-0.2, -0.15) is 0 Å². The van der Waals surface area contributed by atoms with E-state index < -0.39 is 0 Å². The topological polar surface area (TPSA) is 55.6 Å². The number of nitrogens with zero attached hydrogens (tertiary/aromatic N) is 1. The summed E-state index contributed by atoms with van der Waals surface area (Å²) in [5, 5.41) is 0. The van der Waals surface area contributed by atoms with Gasteiger partial charge in [0, 0.05) is 24.7 Å². The number of amides is 1. The zero-order valence-electron chi connectivity index (χ0n) is 11.7. The second-order valence-electron chi connectivity index (χ2n) is 5.21. The average molecular weight is 262 g/mol. The molecule has 104 valence electrons. The number of nitrogens with two attached hydrogens (primary N) is 1. The number of carbonyl (C=O) groups excluding carboxylic acids is 1. The molecule has 0 bridgehead atoms. The predicted molar refractivity (Wildman–Crippen MR) is 75.1 cm³/mol. The van der Waals surface area contributed by atoms with Crippen LogP contribution in [0.3, 0.4) is 0 Å². The maximum atomic E-state index is 12.0. The number of ether oxygens (including phenoxy) is 1. The molecular weight excluding hydrogens is 240 g/mol. The van der Waals surface area contributed by atoms with Crippen molar-refractivity contribution in [3.05, 3.63) is 29.3 Å². The fourth-order valence-electron chi connectivity index (χ4n) is 2.34. The number of rotatable bonds is 4. The molecule has 1 aromatic rings. The van der Waals surface area contributed by atoms with Crippen LogP contribution in [-0.2, 0) is 4.79 Å². The van der Waals surface area contributed by atoms with E-state index in [4.69, 9.17) is 10.5 Å². The van der Waals surface area contributed by atoms with Crippen LogP contribution >= 0.6 is 0 Å². The monoisotopic (exact) mass is 262 g/mol. The van der Waals surface area contributed by atoms with E-state index in [0.29, 0.717) is 0 Å². The fraction of sp³-hybridized carbons (Fsp3) is 0.533. The normalized spacial score (nSPS) is 16.5. The molecule has 1 atom stereocenters. The molecule has 1 aromatic carbocycles. The Kier molecular flexibility index (Phi) is 4.43. The van der Waals surface area contributed by atoms with Crippen molar-refractivity contribution in [2.45, 2.75) is 32.7 Å². The number of hydrogen-bond donors (Lipinski definition) is 1. The lowest BCUT2D eigenvalue weighted by Gasteiger charge is -2.18. The molecule has 1 heterocycles. The van der Waals surface area contributed by atoms with Gasteiger partial charge in [0.25, 0.3) is 5.91 Å². The van der Waals surface area contributed by atoms with Crippen molar-refractivity contribution in [2.75, 3.05) is 19.7 Å². The van der Waals surface area contributed by atoms with Gasteiger partial charge in [-0.05, 0) is 38.3 Å². The van der Waals surface area contributed by atoms with Crippen LogP contribution in [-0.4, -0.2) is 30.5 Å². The van der Waals surface area contributed by atoms with E-state index in [1.807, 2.05) is 36.9 Å². The molecular formula is C15H22N2O2. The number of hydrogen-bond acceptors (Lipinski definition) is 3. The van der Waals surface area contributed by atoms with Crippen molar-refractivity contribution in [2.24, 2.45) is 5.73 Å². The average Bonchev–Trinajstić information content (AvgIpc) is 2.89. The SMILES string of the molecule is Cc1ccc([C@@H](C)N)c(OCC(=O)N2CCCC2)c1. The van der Waals surface area contributed by atoms with Crippen LogP contribution in [0, 0.1) is 6.92 Å². The first-order valence-corrected chi connectivity index (χ1v) is 6.84. The van der Waals surface area contributed by atoms with Crippen molar-refractivity contribution in [3.63, 3.8) is 0 Å². The lowest BCUT2D eigenvalue weighted by atomic mass is 10.1. The van der Waals surface area contributed by atoms with Crippen LogP contribution in [0.5, 0.6) is 5.75 Å². The maximum absolute atomic E-state index is 12.0. The highest BCUT2D eigenvalue weighted by Gasteiger charge is 2.19. The van der Waals surface area contributed by atoms with Crippen LogP contribution in [0.25, 0.3) is 0 Å². The van der Waals surface area contributed by atoms with Gasteiger partial charge in [0.1, 0.15) is 5.75 Å². The second-order valence-corrected chi connectivity index (χ2v) is 5.21. The molecule has 0 spiro atoms. The fourth-order valence-corrected chi connectivity index (χ4v) is 2.34.